The van der Waals surface area contributed by atoms with Gasteiger partial charge in [-0.3, -0.25) is 10.8 Å². The van der Waals surface area contributed by atoms with Gasteiger partial charge in [-0.15, -0.1) is 0 Å². The molecule has 0 radical (unpaired) electrons. The van der Waals surface area contributed by atoms with Crippen LogP contribution in [-0.4, -0.2) is 18.9 Å². The van der Waals surface area contributed by atoms with Gasteiger partial charge in [-0.05, 0) is 24.6 Å². The van der Waals surface area contributed by atoms with E-state index < -0.39 is 11.7 Å². The Kier molecular flexibility index (Phi) is 3.60. The summed E-state index contributed by atoms with van der Waals surface area (Å²) in [6, 6.07) is 2.65. The third kappa shape index (κ3) is 2.56. The van der Waals surface area contributed by atoms with E-state index in [4.69, 9.17) is 20.3 Å². The van der Waals surface area contributed by atoms with Crippen LogP contribution >= 0.6 is 0 Å². The number of benzene rings is 1. The topological polar surface area (TPSA) is 66.2 Å². The van der Waals surface area contributed by atoms with Gasteiger partial charge in [0.15, 0.2) is 5.90 Å². The maximum Gasteiger partial charge on any atom is 0.223 e. The molecule has 0 bridgehead atoms. The van der Waals surface area contributed by atoms with Gasteiger partial charge in [0.1, 0.15) is 11.6 Å². The zero-order valence-corrected chi connectivity index (χ0v) is 9.35. The van der Waals surface area contributed by atoms with E-state index in [1.54, 1.807) is 6.92 Å². The van der Waals surface area contributed by atoms with Crippen molar-refractivity contribution < 1.29 is 13.9 Å². The molecule has 0 heterocycles. The van der Waals surface area contributed by atoms with E-state index >= 15 is 0 Å². The van der Waals surface area contributed by atoms with Gasteiger partial charge >= 0.3 is 0 Å². The lowest BCUT2D eigenvalue weighted by molar-refractivity contribution is 0.409. The van der Waals surface area contributed by atoms with Crippen molar-refractivity contribution in [3.8, 4) is 5.75 Å². The minimum Gasteiger partial charge on any atom is -0.496 e. The Balaban J connectivity index is 3.13. The van der Waals surface area contributed by atoms with E-state index in [0.29, 0.717) is 11.3 Å². The third-order valence-electron chi connectivity index (χ3n) is 1.98. The first-order chi connectivity index (χ1) is 7.45. The van der Waals surface area contributed by atoms with Crippen molar-refractivity contribution in [1.82, 2.24) is 0 Å². The number of nitrogens with one attached hydrogen (secondary N) is 2. The minimum absolute atomic E-state index is 0.0194. The van der Waals surface area contributed by atoms with Crippen molar-refractivity contribution in [1.29, 1.82) is 10.8 Å². The molecule has 0 amide bonds. The fraction of sp³-hybridized carbons (Fsp3) is 0.273. The highest BCUT2D eigenvalue weighted by molar-refractivity contribution is 5.99. The lowest BCUT2D eigenvalue weighted by Gasteiger charge is -2.10. The first-order valence-electron chi connectivity index (χ1n) is 4.61. The summed E-state index contributed by atoms with van der Waals surface area (Å²) in [5.41, 5.74) is 0.622. The van der Waals surface area contributed by atoms with Crippen LogP contribution in [0.1, 0.15) is 18.1 Å². The number of halogens is 1. The molecule has 0 unspecified atom stereocenters. The first kappa shape index (κ1) is 12.2. The summed E-state index contributed by atoms with van der Waals surface area (Å²) >= 11 is 0. The summed E-state index contributed by atoms with van der Waals surface area (Å²) in [6.07, 6.45) is 0. The number of hydrogen-bond donors (Lipinski definition) is 2. The molecule has 0 fully saturated rings. The van der Waals surface area contributed by atoms with E-state index in [-0.39, 0.29) is 11.5 Å². The molecule has 0 aliphatic rings. The van der Waals surface area contributed by atoms with Gasteiger partial charge in [0.2, 0.25) is 5.90 Å². The standard InChI is InChI=1S/C11H13FN2O2/c1-6-4-9(12)8(5-10(6)15-3)11(14)16-7(2)13/h4-5,13-14H,1-3H3. The summed E-state index contributed by atoms with van der Waals surface area (Å²) in [6.45, 7) is 3.08. The van der Waals surface area contributed by atoms with Gasteiger partial charge in [0.25, 0.3) is 0 Å². The van der Waals surface area contributed by atoms with E-state index in [9.17, 15) is 4.39 Å². The lowest BCUT2D eigenvalue weighted by Crippen LogP contribution is -2.11. The van der Waals surface area contributed by atoms with Crippen LogP contribution in [0.15, 0.2) is 12.1 Å². The van der Waals surface area contributed by atoms with Gasteiger partial charge < -0.3 is 9.47 Å². The minimum atomic E-state index is -0.565. The van der Waals surface area contributed by atoms with E-state index in [1.165, 1.54) is 26.2 Å². The highest BCUT2D eigenvalue weighted by atomic mass is 19.1. The molecule has 1 aromatic rings. The Morgan fingerprint density at radius 1 is 1.31 bits per heavy atom. The van der Waals surface area contributed by atoms with E-state index in [2.05, 4.69) is 0 Å². The first-order valence-corrected chi connectivity index (χ1v) is 4.61. The lowest BCUT2D eigenvalue weighted by atomic mass is 10.1. The Morgan fingerprint density at radius 2 is 1.94 bits per heavy atom. The molecule has 0 saturated heterocycles. The van der Waals surface area contributed by atoms with Gasteiger partial charge in [-0.25, -0.2) is 4.39 Å². The van der Waals surface area contributed by atoms with Crippen molar-refractivity contribution in [2.45, 2.75) is 13.8 Å². The van der Waals surface area contributed by atoms with Crippen molar-refractivity contribution in [2.24, 2.45) is 0 Å². The van der Waals surface area contributed by atoms with Crippen molar-refractivity contribution in [2.75, 3.05) is 7.11 Å². The van der Waals surface area contributed by atoms with Crippen LogP contribution in [0, 0.1) is 23.6 Å². The van der Waals surface area contributed by atoms with E-state index in [1.807, 2.05) is 0 Å². The normalized spacial score (nSPS) is 9.75. The molecule has 0 spiro atoms. The largest absolute Gasteiger partial charge is 0.496 e. The molecule has 0 aromatic heterocycles. The molecule has 4 nitrogen and oxygen atoms in total. The highest BCUT2D eigenvalue weighted by Gasteiger charge is 2.13. The molecule has 0 atom stereocenters. The second-order valence-corrected chi connectivity index (χ2v) is 3.29. The molecule has 86 valence electrons. The number of hydrogen-bond acceptors (Lipinski definition) is 4. The number of methoxy groups -OCH3 is 1. The van der Waals surface area contributed by atoms with Crippen LogP contribution in [0.25, 0.3) is 0 Å². The summed E-state index contributed by atoms with van der Waals surface area (Å²) in [7, 11) is 1.47. The maximum absolute atomic E-state index is 13.5. The Hall–Kier alpha value is -1.91. The molecule has 0 aliphatic heterocycles. The number of ether oxygens (including phenoxy) is 2. The fourth-order valence-corrected chi connectivity index (χ4v) is 1.25. The molecule has 5 heteroatoms. The smallest absolute Gasteiger partial charge is 0.223 e. The van der Waals surface area contributed by atoms with Crippen LogP contribution in [0.5, 0.6) is 5.75 Å². The molecular formula is C11H13FN2O2. The molecule has 0 saturated carbocycles. The predicted octanol–water partition coefficient (Wildman–Crippen LogP) is 2.48. The second kappa shape index (κ2) is 4.74. The maximum atomic E-state index is 13.5. The number of rotatable bonds is 2. The SMILES string of the molecule is COc1cc(C(=N)OC(C)=N)c(F)cc1C. The zero-order chi connectivity index (χ0) is 12.3. The Bertz CT molecular complexity index is 444. The van der Waals surface area contributed by atoms with Crippen molar-refractivity contribution in [3.63, 3.8) is 0 Å². The summed E-state index contributed by atoms with van der Waals surface area (Å²) in [5, 5.41) is 14.6. The van der Waals surface area contributed by atoms with Crippen molar-refractivity contribution in [3.05, 3.63) is 29.1 Å². The zero-order valence-electron chi connectivity index (χ0n) is 9.35. The average Bonchev–Trinajstić information content (AvgIpc) is 2.16. The molecule has 1 aromatic carbocycles. The van der Waals surface area contributed by atoms with Crippen LogP contribution in [-0.2, 0) is 4.74 Å². The molecule has 1 rings (SSSR count). The van der Waals surface area contributed by atoms with Gasteiger partial charge in [0, 0.05) is 6.92 Å². The van der Waals surface area contributed by atoms with Crippen LogP contribution in [0.4, 0.5) is 4.39 Å². The molecular weight excluding hydrogens is 211 g/mol. The summed E-state index contributed by atoms with van der Waals surface area (Å²) in [4.78, 5) is 0. The molecule has 16 heavy (non-hydrogen) atoms. The summed E-state index contributed by atoms with van der Waals surface area (Å²) in [5.74, 6) is -0.649. The third-order valence-corrected chi connectivity index (χ3v) is 1.98. The average molecular weight is 224 g/mol. The Morgan fingerprint density at radius 3 is 2.44 bits per heavy atom. The quantitative estimate of drug-likeness (QED) is 0.598. The van der Waals surface area contributed by atoms with Crippen molar-refractivity contribution >= 4 is 11.8 Å². The summed E-state index contributed by atoms with van der Waals surface area (Å²) < 4.78 is 23.3. The van der Waals surface area contributed by atoms with Crippen LogP contribution in [0.2, 0.25) is 0 Å². The van der Waals surface area contributed by atoms with Crippen LogP contribution < -0.4 is 4.74 Å². The second-order valence-electron chi connectivity index (χ2n) is 3.29. The predicted molar refractivity (Wildman–Crippen MR) is 59.0 cm³/mol. The van der Waals surface area contributed by atoms with Gasteiger partial charge in [-0.1, -0.05) is 0 Å². The molecule has 0 aliphatic carbocycles. The fourth-order valence-electron chi connectivity index (χ4n) is 1.25. The number of aryl methyl sites for hydroxylation is 1. The van der Waals surface area contributed by atoms with Crippen LogP contribution in [0.3, 0.4) is 0 Å². The monoisotopic (exact) mass is 224 g/mol. The van der Waals surface area contributed by atoms with Gasteiger partial charge in [-0.2, -0.15) is 0 Å². The van der Waals surface area contributed by atoms with E-state index in [0.717, 1.165) is 0 Å². The highest BCUT2D eigenvalue weighted by Crippen LogP contribution is 2.22. The van der Waals surface area contributed by atoms with Gasteiger partial charge in [0.05, 0.1) is 12.7 Å². The molecule has 2 N–H and O–H groups in total. The Labute approximate surface area is 93.0 Å².